The number of hydrogen-bond donors (Lipinski definition) is 8. The van der Waals surface area contributed by atoms with Crippen molar-refractivity contribution in [3.8, 4) is 0 Å². The van der Waals surface area contributed by atoms with Gasteiger partial charge in [-0.25, -0.2) is 4.18 Å². The third kappa shape index (κ3) is 5.81. The number of carbonyl (C=O) groups is 1. The maximum absolute atomic E-state index is 11.3. The third-order valence-electron chi connectivity index (χ3n) is 4.59. The molecular weight excluding hydrogens is 438 g/mol. The predicted octanol–water partition coefficient (Wildman–Crippen LogP) is -5.43. The van der Waals surface area contributed by atoms with Crippen LogP contribution in [0.4, 0.5) is 0 Å². The smallest absolute Gasteiger partial charge is 0.394 e. The Kier molecular flexibility index (Phi) is 8.47. The molecule has 0 bridgehead atoms. The van der Waals surface area contributed by atoms with Crippen LogP contribution in [0, 0.1) is 0 Å². The summed E-state index contributed by atoms with van der Waals surface area (Å²) in [4.78, 5) is 11.3. The fraction of sp³-hybridized carbons (Fsp3) is 0.929. The van der Waals surface area contributed by atoms with Crippen molar-refractivity contribution in [2.24, 2.45) is 0 Å². The van der Waals surface area contributed by atoms with Gasteiger partial charge in [-0.3, -0.25) is 9.35 Å². The number of nitrogens with one attached hydrogen (secondary N) is 1. The molecule has 16 heteroatoms. The average molecular weight is 463 g/mol. The zero-order valence-corrected chi connectivity index (χ0v) is 16.4. The number of hydrogen-bond acceptors (Lipinski definition) is 13. The minimum Gasteiger partial charge on any atom is -0.394 e. The van der Waals surface area contributed by atoms with Crippen molar-refractivity contribution in [3.63, 3.8) is 0 Å². The van der Waals surface area contributed by atoms with Crippen molar-refractivity contribution >= 4 is 16.3 Å². The van der Waals surface area contributed by atoms with Crippen molar-refractivity contribution < 1.29 is 66.8 Å². The van der Waals surface area contributed by atoms with Gasteiger partial charge < -0.3 is 50.2 Å². The highest BCUT2D eigenvalue weighted by molar-refractivity contribution is 7.80. The molecule has 2 aliphatic heterocycles. The summed E-state index contributed by atoms with van der Waals surface area (Å²) in [5, 5.41) is 61.5. The first-order chi connectivity index (χ1) is 13.9. The van der Waals surface area contributed by atoms with E-state index in [1.165, 1.54) is 0 Å². The number of aliphatic hydroxyl groups is 6. The fourth-order valence-corrected chi connectivity index (χ4v) is 3.69. The molecule has 0 aliphatic carbocycles. The Morgan fingerprint density at radius 1 is 0.967 bits per heavy atom. The highest BCUT2D eigenvalue weighted by Crippen LogP contribution is 2.30. The maximum atomic E-state index is 11.3. The standard InChI is InChI=1S/C14H25NO14S/c1-4(18)15-7-9(20)11(6(3-17)26-13(7)22)28-14-12(29-30(23,24)25)10(21)8(19)5(2-16)27-14/h5-14,16-17,19-22H,2-3H2,1H3,(H,15,18)(H,23,24,25)/t5-,6-,7-,8+,9-,10+,11-,12-,13-,14+/m1/s1. The summed E-state index contributed by atoms with van der Waals surface area (Å²) in [6.07, 6.45) is -15.8. The Bertz CT molecular complexity index is 690. The Hall–Kier alpha value is -1.02. The molecule has 0 radical (unpaired) electrons. The highest BCUT2D eigenvalue weighted by atomic mass is 32.3. The number of rotatable bonds is 7. The fourth-order valence-electron chi connectivity index (χ4n) is 3.20. The van der Waals surface area contributed by atoms with E-state index in [-0.39, 0.29) is 0 Å². The minimum absolute atomic E-state index is 0.650. The van der Waals surface area contributed by atoms with Crippen LogP contribution in [0.3, 0.4) is 0 Å². The number of carbonyl (C=O) groups excluding carboxylic acids is 1. The summed E-state index contributed by atoms with van der Waals surface area (Å²) >= 11 is 0. The molecule has 2 saturated heterocycles. The van der Waals surface area contributed by atoms with E-state index in [0.29, 0.717) is 0 Å². The first-order valence-electron chi connectivity index (χ1n) is 8.72. The van der Waals surface area contributed by atoms with E-state index >= 15 is 0 Å². The maximum Gasteiger partial charge on any atom is 0.397 e. The van der Waals surface area contributed by atoms with Crippen molar-refractivity contribution in [1.29, 1.82) is 0 Å². The van der Waals surface area contributed by atoms with Gasteiger partial charge in [-0.05, 0) is 0 Å². The van der Waals surface area contributed by atoms with E-state index < -0.39 is 90.9 Å². The van der Waals surface area contributed by atoms with Crippen molar-refractivity contribution in [2.45, 2.75) is 68.3 Å². The van der Waals surface area contributed by atoms with E-state index in [1.54, 1.807) is 0 Å². The largest absolute Gasteiger partial charge is 0.397 e. The van der Waals surface area contributed by atoms with Crippen LogP contribution in [0.1, 0.15) is 6.92 Å². The van der Waals surface area contributed by atoms with Gasteiger partial charge in [-0.15, -0.1) is 0 Å². The number of ether oxygens (including phenoxy) is 3. The summed E-state index contributed by atoms with van der Waals surface area (Å²) < 4.78 is 51.2. The topological polar surface area (TPSA) is 242 Å². The minimum atomic E-state index is -5.18. The quantitative estimate of drug-likeness (QED) is 0.164. The van der Waals surface area contributed by atoms with E-state index in [4.69, 9.17) is 18.8 Å². The lowest BCUT2D eigenvalue weighted by Crippen LogP contribution is -2.67. The molecule has 0 spiro atoms. The van der Waals surface area contributed by atoms with Crippen LogP contribution >= 0.6 is 0 Å². The highest BCUT2D eigenvalue weighted by Gasteiger charge is 2.52. The molecule has 2 heterocycles. The van der Waals surface area contributed by atoms with Crippen molar-refractivity contribution in [2.75, 3.05) is 13.2 Å². The summed E-state index contributed by atoms with van der Waals surface area (Å²) in [5.74, 6) is -0.650. The molecule has 2 fully saturated rings. The summed E-state index contributed by atoms with van der Waals surface area (Å²) in [6, 6.07) is -1.43. The Balaban J connectivity index is 2.31. The lowest BCUT2D eigenvalue weighted by atomic mass is 9.95. The lowest BCUT2D eigenvalue weighted by molar-refractivity contribution is -0.342. The molecule has 30 heavy (non-hydrogen) atoms. The van der Waals surface area contributed by atoms with Gasteiger partial charge in [0.05, 0.1) is 13.2 Å². The molecule has 1 amide bonds. The van der Waals surface area contributed by atoms with Gasteiger partial charge in [0, 0.05) is 6.92 Å². The predicted molar refractivity (Wildman–Crippen MR) is 90.6 cm³/mol. The van der Waals surface area contributed by atoms with Crippen LogP contribution in [0.15, 0.2) is 0 Å². The van der Waals surface area contributed by atoms with E-state index in [2.05, 4.69) is 9.50 Å². The van der Waals surface area contributed by atoms with Crippen LogP contribution in [-0.4, -0.2) is 124 Å². The molecule has 176 valence electrons. The molecule has 0 aromatic carbocycles. The van der Waals surface area contributed by atoms with E-state index in [9.17, 15) is 43.9 Å². The van der Waals surface area contributed by atoms with Crippen LogP contribution < -0.4 is 5.32 Å². The lowest BCUT2D eigenvalue weighted by Gasteiger charge is -2.46. The van der Waals surface area contributed by atoms with Gasteiger partial charge in [0.25, 0.3) is 0 Å². The molecule has 2 rings (SSSR count). The monoisotopic (exact) mass is 463 g/mol. The van der Waals surface area contributed by atoms with Gasteiger partial charge >= 0.3 is 10.4 Å². The van der Waals surface area contributed by atoms with Crippen molar-refractivity contribution in [1.82, 2.24) is 5.32 Å². The van der Waals surface area contributed by atoms with Gasteiger partial charge in [0.15, 0.2) is 18.7 Å². The molecule has 0 aromatic rings. The first kappa shape index (κ1) is 25.2. The zero-order chi connectivity index (χ0) is 22.8. The zero-order valence-electron chi connectivity index (χ0n) is 15.6. The Morgan fingerprint density at radius 3 is 2.07 bits per heavy atom. The molecule has 2 aliphatic rings. The Labute approximate surface area is 170 Å². The second kappa shape index (κ2) is 10.1. The molecule has 0 saturated carbocycles. The van der Waals surface area contributed by atoms with Crippen LogP contribution in [-0.2, 0) is 33.6 Å². The first-order valence-corrected chi connectivity index (χ1v) is 10.1. The summed E-state index contributed by atoms with van der Waals surface area (Å²) in [5.41, 5.74) is 0. The number of amides is 1. The molecule has 0 unspecified atom stereocenters. The number of aliphatic hydroxyl groups excluding tert-OH is 6. The molecule has 8 N–H and O–H groups in total. The Morgan fingerprint density at radius 2 is 1.57 bits per heavy atom. The molecular formula is C14H25NO14S. The van der Waals surface area contributed by atoms with E-state index in [1.807, 2.05) is 0 Å². The van der Waals surface area contributed by atoms with Gasteiger partial charge in [-0.1, -0.05) is 0 Å². The van der Waals surface area contributed by atoms with Gasteiger partial charge in [0.2, 0.25) is 5.91 Å². The van der Waals surface area contributed by atoms with Crippen molar-refractivity contribution in [3.05, 3.63) is 0 Å². The normalized spacial score (nSPS) is 42.7. The summed E-state index contributed by atoms with van der Waals surface area (Å²) in [6.45, 7) is -0.551. The van der Waals surface area contributed by atoms with Gasteiger partial charge in [-0.2, -0.15) is 8.42 Å². The van der Waals surface area contributed by atoms with Crippen LogP contribution in [0.2, 0.25) is 0 Å². The molecule has 10 atom stereocenters. The van der Waals surface area contributed by atoms with E-state index in [0.717, 1.165) is 6.92 Å². The second-order valence-corrected chi connectivity index (χ2v) is 7.81. The van der Waals surface area contributed by atoms with Gasteiger partial charge in [0.1, 0.15) is 42.7 Å². The van der Waals surface area contributed by atoms with Crippen LogP contribution in [0.25, 0.3) is 0 Å². The SMILES string of the molecule is CC(=O)N[C@@H]1[C@@H](O)[C@H](O[C@@H]2O[C@H](CO)[C@H](O)[C@H](O)[C@H]2OS(=O)(=O)O)[C@@H](CO)O[C@H]1O. The third-order valence-corrected chi connectivity index (χ3v) is 5.06. The second-order valence-electron chi connectivity index (χ2n) is 6.76. The van der Waals surface area contributed by atoms with Crippen LogP contribution in [0.5, 0.6) is 0 Å². The summed E-state index contributed by atoms with van der Waals surface area (Å²) in [7, 11) is -5.18. The molecule has 15 nitrogen and oxygen atoms in total. The average Bonchev–Trinajstić information content (AvgIpc) is 2.65. The molecule has 0 aromatic heterocycles.